The molecule has 0 amide bonds. The quantitative estimate of drug-likeness (QED) is 0.0290. The van der Waals surface area contributed by atoms with Gasteiger partial charge in [-0.1, -0.05) is 138 Å². The summed E-state index contributed by atoms with van der Waals surface area (Å²) in [6, 6.07) is 19.5. The lowest BCUT2D eigenvalue weighted by Crippen LogP contribution is -2.41. The molecule has 1 fully saturated rings. The summed E-state index contributed by atoms with van der Waals surface area (Å²) in [4.78, 5) is 26.7. The summed E-state index contributed by atoms with van der Waals surface area (Å²) in [5.41, 5.74) is 12.9. The number of aromatic nitrogens is 16. The summed E-state index contributed by atoms with van der Waals surface area (Å²) in [5.74, 6) is 0. The Balaban J connectivity index is 0.000000168. The van der Waals surface area contributed by atoms with Crippen molar-refractivity contribution >= 4 is 217 Å². The van der Waals surface area contributed by atoms with Crippen LogP contribution in [-0.4, -0.2) is 176 Å². The lowest BCUT2D eigenvalue weighted by atomic mass is 9.82. The van der Waals surface area contributed by atoms with Gasteiger partial charge in [-0.15, -0.1) is 0 Å². The highest BCUT2D eigenvalue weighted by atomic mass is 79.9. The molecular formula is C98H130BBr4Cl3N22O6Si4. The maximum atomic E-state index is 9.36. The molecule has 1 aliphatic heterocycles. The average molecular weight is 2260 g/mol. The van der Waals surface area contributed by atoms with Gasteiger partial charge in [-0.2, -0.15) is 31.1 Å². The summed E-state index contributed by atoms with van der Waals surface area (Å²) < 4.78 is 51.6. The predicted molar refractivity (Wildman–Crippen MR) is 589 cm³/mol. The van der Waals surface area contributed by atoms with Gasteiger partial charge in [0.25, 0.3) is 0 Å². The Morgan fingerprint density at radius 1 is 0.413 bits per heavy atom. The summed E-state index contributed by atoms with van der Waals surface area (Å²) in [6.07, 6.45) is 39.6. The van der Waals surface area contributed by atoms with Crippen molar-refractivity contribution in [2.24, 2.45) is 0 Å². The molecule has 3 aliphatic rings. The summed E-state index contributed by atoms with van der Waals surface area (Å²) in [6.45, 7) is 52.6. The van der Waals surface area contributed by atoms with E-state index < -0.39 is 56.0 Å². The molecule has 0 aromatic carbocycles. The molecule has 1 saturated heterocycles. The molecule has 14 heterocycles. The van der Waals surface area contributed by atoms with Crippen LogP contribution in [0.5, 0.6) is 0 Å². The molecule has 13 aromatic rings. The van der Waals surface area contributed by atoms with Gasteiger partial charge in [0.15, 0.2) is 0 Å². The number of allylic oxidation sites excluding steroid dienone is 2. The normalized spacial score (nSPS) is 13.7. The number of nitrogens with zero attached hydrogens (tertiary/aromatic N) is 19. The zero-order valence-electron chi connectivity index (χ0n) is 83.9. The molecular weight excluding hydrogens is 2130 g/mol. The van der Waals surface area contributed by atoms with Crippen molar-refractivity contribution in [3.8, 4) is 40.5 Å². The number of hydrogen-bond donors (Lipinski definition) is 3. The molecule has 13 aromatic heterocycles. The molecule has 0 unspecified atom stereocenters. The monoisotopic (exact) mass is 2250 g/mol. The maximum Gasteiger partial charge on any atom is 0.498 e. The fraction of sp³-hybridized carbons (Fsp3) is 0.449. The Morgan fingerprint density at radius 3 is 1.12 bits per heavy atom. The predicted octanol–water partition coefficient (Wildman–Crippen LogP) is 25.5. The zero-order valence-corrected chi connectivity index (χ0v) is 96.5. The Kier molecular flexibility index (Phi) is 38.5. The molecule has 736 valence electrons. The van der Waals surface area contributed by atoms with Crippen LogP contribution in [0.3, 0.4) is 0 Å². The standard InChI is InChI=1S/C21H30N6OSi.C16H17N5.C14H22BrN3OSi.C13H20BN3O2.2C13H18BrClN2OSi.C8H5BrClN/c1-21(2,14-22)27-13-16(11-25-27)18-12-24-20-17(19(18)23-3)7-8-26(20)15-28-9-10-29(4,5)6;1-16(2,10-17)21-9-11(7-20-21)13-8-19-14-6-4-5-12(14)15(13)18-3;1-16-13-11-5-6-18(14(11)17-9-12(13)15)10-19-7-8-20(2,3)4;1-11(2,9-15)17-8-10(7-16-17)14-18-12(3,4)13(5,6)19-14;2*1-19(2,3)7-6-18-9-17-5-4-10-12(15)11(14)8-16-13(10)17;9-6-4-11-7-3-1-2-5(7)8(6)10/h7-8,11-13H,9-10,15H2,1-6H3,(H,23,24);4-5,7-9H,6H2,1-3H3,(H,18,19);5-6,9H,7-8,10H2,1-4H3,(H,16,17);7-8H,1-6H3;2*4-5,8H,6-7,9H2,1-3H3;1-2,4H,3H2. The largest absolute Gasteiger partial charge is 0.498 e. The minimum Gasteiger partial charge on any atom is -0.399 e. The Bertz CT molecular complexity index is 6460. The molecule has 3 N–H and O–H groups in total. The second-order valence-electron chi connectivity index (χ2n) is 41.2. The molecule has 40 heteroatoms. The number of ether oxygens (including phenoxy) is 4. The highest BCUT2D eigenvalue weighted by Gasteiger charge is 2.52. The van der Waals surface area contributed by atoms with E-state index in [4.69, 9.17) is 73.3 Å². The summed E-state index contributed by atoms with van der Waals surface area (Å²) in [5, 5.41) is 56.6. The third-order valence-corrected chi connectivity index (χ3v) is 34.6. The first-order chi connectivity index (χ1) is 64.8. The van der Waals surface area contributed by atoms with Crippen LogP contribution in [-0.2, 0) is 84.6 Å². The van der Waals surface area contributed by atoms with Crippen molar-refractivity contribution in [3.63, 3.8) is 0 Å². The molecule has 0 spiro atoms. The van der Waals surface area contributed by atoms with Gasteiger partial charge >= 0.3 is 7.12 Å². The Hall–Kier alpha value is -8.48. The molecule has 16 rings (SSSR count). The summed E-state index contributed by atoms with van der Waals surface area (Å²) in [7, 11) is 1.13. The molecule has 2 aliphatic carbocycles. The molecule has 28 nitrogen and oxygen atoms in total. The smallest absolute Gasteiger partial charge is 0.399 e. The first-order valence-electron chi connectivity index (χ1n) is 45.8. The average Bonchev–Trinajstić information content (AvgIpc) is 1.62. The van der Waals surface area contributed by atoms with E-state index in [2.05, 4.69) is 247 Å². The van der Waals surface area contributed by atoms with Crippen molar-refractivity contribution in [3.05, 3.63) is 191 Å². The number of anilines is 3. The number of pyridine rings is 6. The number of fused-ring (bicyclic) bond motifs is 6. The van der Waals surface area contributed by atoms with Crippen LogP contribution in [0.25, 0.3) is 78.5 Å². The molecule has 0 radical (unpaired) electrons. The van der Waals surface area contributed by atoms with Gasteiger partial charge < -0.3 is 62.5 Å². The van der Waals surface area contributed by atoms with E-state index in [1.807, 2.05) is 189 Å². The Labute approximate surface area is 865 Å². The van der Waals surface area contributed by atoms with E-state index in [-0.39, 0.29) is 11.2 Å². The van der Waals surface area contributed by atoms with Crippen LogP contribution in [0.15, 0.2) is 153 Å². The second kappa shape index (κ2) is 47.6. The lowest BCUT2D eigenvalue weighted by Gasteiger charge is -2.32. The van der Waals surface area contributed by atoms with Crippen LogP contribution in [0, 0.1) is 34.0 Å². The summed E-state index contributed by atoms with van der Waals surface area (Å²) >= 11 is 32.0. The van der Waals surface area contributed by atoms with Gasteiger partial charge in [0.2, 0.25) is 0 Å². The van der Waals surface area contributed by atoms with Crippen LogP contribution < -0.4 is 21.4 Å². The van der Waals surface area contributed by atoms with Gasteiger partial charge in [-0.3, -0.25) is 24.0 Å². The van der Waals surface area contributed by atoms with E-state index in [1.54, 1.807) is 51.2 Å². The van der Waals surface area contributed by atoms with Crippen LogP contribution in [0.2, 0.25) is 118 Å². The number of halogens is 7. The first-order valence-corrected chi connectivity index (χ1v) is 64.9. The molecule has 0 bridgehead atoms. The van der Waals surface area contributed by atoms with Gasteiger partial charge in [0, 0.05) is 240 Å². The van der Waals surface area contributed by atoms with Crippen LogP contribution >= 0.6 is 98.5 Å². The number of nitrogens with one attached hydrogen (secondary N) is 3. The van der Waals surface area contributed by atoms with Crippen molar-refractivity contribution < 1.29 is 28.3 Å². The van der Waals surface area contributed by atoms with Crippen LogP contribution in [0.1, 0.15) is 91.8 Å². The van der Waals surface area contributed by atoms with Crippen molar-refractivity contribution in [2.45, 2.75) is 240 Å². The third-order valence-electron chi connectivity index (χ3n) is 23.5. The van der Waals surface area contributed by atoms with E-state index >= 15 is 0 Å². The van der Waals surface area contributed by atoms with Gasteiger partial charge in [-0.05, 0) is 181 Å². The van der Waals surface area contributed by atoms with Crippen molar-refractivity contribution in [2.75, 3.05) is 63.5 Å². The van der Waals surface area contributed by atoms with Crippen molar-refractivity contribution in [1.29, 1.82) is 15.8 Å². The fourth-order valence-electron chi connectivity index (χ4n) is 14.0. The molecule has 0 atom stereocenters. The number of hydrogen-bond acceptors (Lipinski definition) is 21. The van der Waals surface area contributed by atoms with Gasteiger partial charge in [0.1, 0.15) is 66.1 Å². The maximum absolute atomic E-state index is 9.36. The zero-order chi connectivity index (χ0) is 101. The van der Waals surface area contributed by atoms with E-state index in [0.717, 1.165) is 180 Å². The highest BCUT2D eigenvalue weighted by Crippen LogP contribution is 2.41. The number of nitriles is 3. The molecule has 138 heavy (non-hydrogen) atoms. The van der Waals surface area contributed by atoms with Crippen LogP contribution in [0.4, 0.5) is 17.1 Å². The minimum atomic E-state index is -1.09. The van der Waals surface area contributed by atoms with E-state index in [0.29, 0.717) is 37.0 Å². The Morgan fingerprint density at radius 2 is 0.725 bits per heavy atom. The lowest BCUT2D eigenvalue weighted by molar-refractivity contribution is 0.00578. The van der Waals surface area contributed by atoms with E-state index in [1.165, 1.54) is 18.1 Å². The fourth-order valence-corrected chi connectivity index (χ4v) is 19.1. The first kappa shape index (κ1) is 111. The SMILES string of the molecule is CC(C)(C#N)n1cc(B2OC(C)(C)C(C)(C)O2)cn1.CNc1c(-c2cnn(C(C)(C)C#N)c2)cnc2c1C=CC2.CNc1c(-c2cnn(C(C)(C)C#N)c2)cnc2c1ccn2COCC[Si](C)(C)C.CNc1c(Br)cnc2c1ccn2COCC[Si](C)(C)C.C[Si](C)(C)CCOCn1ccc2c(Cl)c(Br)cnc21.C[Si](C)(C)CCOCn1ccc2c(Cl)c(Br)cnc21.Clc1c(Br)cnc2c1C=CC2. The van der Waals surface area contributed by atoms with E-state index in [9.17, 15) is 10.5 Å². The minimum absolute atomic E-state index is 0.371. The van der Waals surface area contributed by atoms with Crippen molar-refractivity contribution in [1.82, 2.24) is 77.5 Å². The van der Waals surface area contributed by atoms with Gasteiger partial charge in [-0.25, -0.2) is 19.9 Å². The number of rotatable bonds is 29. The topological polar surface area (TPSA) is 313 Å². The van der Waals surface area contributed by atoms with Gasteiger partial charge in [0.05, 0.1) is 103 Å². The third kappa shape index (κ3) is 29.2. The molecule has 0 saturated carbocycles. The highest BCUT2D eigenvalue weighted by molar-refractivity contribution is 9.11. The second-order valence-corrected chi connectivity index (χ2v) is 68.2.